The first kappa shape index (κ1) is 24.7. The molecule has 0 spiro atoms. The fourth-order valence-corrected chi connectivity index (χ4v) is 5.33. The third-order valence-corrected chi connectivity index (χ3v) is 7.20. The summed E-state index contributed by atoms with van der Waals surface area (Å²) >= 11 is 5.93. The minimum absolute atomic E-state index is 0.151. The molecule has 0 aliphatic carbocycles. The van der Waals surface area contributed by atoms with Crippen LogP contribution in [0.4, 0.5) is 5.69 Å². The van der Waals surface area contributed by atoms with Crippen molar-refractivity contribution in [3.63, 3.8) is 0 Å². The maximum absolute atomic E-state index is 6.07. The zero-order valence-corrected chi connectivity index (χ0v) is 22.5. The molecule has 39 heavy (non-hydrogen) atoms. The molecule has 194 valence electrons. The maximum atomic E-state index is 6.07. The Bertz CT molecular complexity index is 1580. The number of ether oxygens (including phenoxy) is 2. The van der Waals surface area contributed by atoms with Crippen LogP contribution in [0.1, 0.15) is 29.0 Å². The summed E-state index contributed by atoms with van der Waals surface area (Å²) in [6, 6.07) is 34.0. The summed E-state index contributed by atoms with van der Waals surface area (Å²) in [5.41, 5.74) is 5.16. The van der Waals surface area contributed by atoms with Crippen molar-refractivity contribution in [2.24, 2.45) is 0 Å². The third kappa shape index (κ3) is 4.96. The van der Waals surface area contributed by atoms with Crippen LogP contribution in [0.3, 0.4) is 0 Å². The van der Waals surface area contributed by atoms with Crippen molar-refractivity contribution >= 4 is 23.0 Å². The number of hydrogen-bond donors (Lipinski definition) is 1. The van der Waals surface area contributed by atoms with Gasteiger partial charge in [0.2, 0.25) is 0 Å². The van der Waals surface area contributed by atoms with E-state index >= 15 is 0 Å². The number of anilines is 1. The highest BCUT2D eigenvalue weighted by Gasteiger charge is 2.42. The lowest BCUT2D eigenvalue weighted by molar-refractivity contribution is 0.414. The van der Waals surface area contributed by atoms with Gasteiger partial charge in [0, 0.05) is 35.5 Å². The summed E-state index contributed by atoms with van der Waals surface area (Å²) in [6.07, 6.45) is 3.88. The van der Waals surface area contributed by atoms with E-state index in [1.807, 2.05) is 91.1 Å². The molecule has 3 aromatic carbocycles. The van der Waals surface area contributed by atoms with E-state index in [2.05, 4.69) is 51.1 Å². The van der Waals surface area contributed by atoms with Gasteiger partial charge in [-0.1, -0.05) is 29.8 Å². The van der Waals surface area contributed by atoms with Crippen LogP contribution in [0.5, 0.6) is 17.2 Å². The fraction of sp³-hybridized carbons (Fsp3) is 0.125. The van der Waals surface area contributed by atoms with Crippen molar-refractivity contribution in [2.75, 3.05) is 12.0 Å². The lowest BCUT2D eigenvalue weighted by Crippen LogP contribution is -2.30. The van der Waals surface area contributed by atoms with Crippen LogP contribution in [-0.2, 0) is 0 Å². The van der Waals surface area contributed by atoms with Crippen LogP contribution in [0, 0.1) is 6.92 Å². The average Bonchev–Trinajstić information content (AvgIpc) is 3.59. The van der Waals surface area contributed by atoms with E-state index in [-0.39, 0.29) is 12.1 Å². The molecule has 7 heteroatoms. The van der Waals surface area contributed by atoms with Crippen LogP contribution in [0.2, 0.25) is 0 Å². The normalized spacial score (nSPS) is 16.7. The van der Waals surface area contributed by atoms with Crippen molar-refractivity contribution in [3.05, 3.63) is 132 Å². The SMILES string of the molecule is COc1cccc(-n2cccc2[C@H]2[C@H](c3ccccn3)NC(=S)N2c2ccc(Oc3ccc(C)cc3)cc2)c1. The largest absolute Gasteiger partial charge is 0.497 e. The Kier molecular flexibility index (Phi) is 6.73. The molecule has 1 aliphatic rings. The average molecular weight is 533 g/mol. The van der Waals surface area contributed by atoms with Crippen LogP contribution in [-0.4, -0.2) is 21.8 Å². The minimum Gasteiger partial charge on any atom is -0.497 e. The van der Waals surface area contributed by atoms with Gasteiger partial charge in [0.15, 0.2) is 5.11 Å². The zero-order chi connectivity index (χ0) is 26.8. The Hall–Kier alpha value is -4.62. The molecule has 0 saturated carbocycles. The minimum atomic E-state index is -0.155. The molecule has 1 saturated heterocycles. The highest BCUT2D eigenvalue weighted by Crippen LogP contribution is 2.42. The van der Waals surface area contributed by atoms with E-state index < -0.39 is 0 Å². The number of benzene rings is 3. The van der Waals surface area contributed by atoms with Gasteiger partial charge in [0.1, 0.15) is 23.3 Å². The molecule has 0 bridgehead atoms. The summed E-state index contributed by atoms with van der Waals surface area (Å²) in [7, 11) is 1.68. The second-order valence-corrected chi connectivity index (χ2v) is 9.80. The lowest BCUT2D eigenvalue weighted by Gasteiger charge is -2.29. The number of aromatic nitrogens is 2. The molecule has 1 aliphatic heterocycles. The summed E-state index contributed by atoms with van der Waals surface area (Å²) in [5, 5.41) is 4.18. The van der Waals surface area contributed by atoms with Gasteiger partial charge in [0.25, 0.3) is 0 Å². The van der Waals surface area contributed by atoms with Gasteiger partial charge in [-0.15, -0.1) is 0 Å². The van der Waals surface area contributed by atoms with Gasteiger partial charge in [-0.3, -0.25) is 4.98 Å². The van der Waals surface area contributed by atoms with Crippen molar-refractivity contribution in [2.45, 2.75) is 19.0 Å². The van der Waals surface area contributed by atoms with Crippen molar-refractivity contribution < 1.29 is 9.47 Å². The van der Waals surface area contributed by atoms with E-state index in [0.717, 1.165) is 40.0 Å². The first-order valence-electron chi connectivity index (χ1n) is 12.8. The molecular weight excluding hydrogens is 504 g/mol. The number of methoxy groups -OCH3 is 1. The van der Waals surface area contributed by atoms with Gasteiger partial charge in [-0.2, -0.15) is 0 Å². The van der Waals surface area contributed by atoms with E-state index in [9.17, 15) is 0 Å². The van der Waals surface area contributed by atoms with Gasteiger partial charge >= 0.3 is 0 Å². The third-order valence-electron chi connectivity index (χ3n) is 6.88. The van der Waals surface area contributed by atoms with Crippen molar-refractivity contribution in [1.82, 2.24) is 14.9 Å². The molecule has 2 aromatic heterocycles. The smallest absolute Gasteiger partial charge is 0.174 e. The monoisotopic (exact) mass is 532 g/mol. The predicted octanol–water partition coefficient (Wildman–Crippen LogP) is 7.16. The number of hydrogen-bond acceptors (Lipinski definition) is 4. The predicted molar refractivity (Wildman–Crippen MR) is 158 cm³/mol. The van der Waals surface area contributed by atoms with E-state index in [0.29, 0.717) is 5.11 Å². The van der Waals surface area contributed by atoms with E-state index in [1.54, 1.807) is 7.11 Å². The number of aryl methyl sites for hydroxylation is 1. The molecule has 6 nitrogen and oxygen atoms in total. The number of pyridine rings is 1. The highest BCUT2D eigenvalue weighted by atomic mass is 32.1. The zero-order valence-electron chi connectivity index (χ0n) is 21.7. The molecule has 5 aromatic rings. The van der Waals surface area contributed by atoms with Crippen molar-refractivity contribution in [1.29, 1.82) is 0 Å². The van der Waals surface area contributed by atoms with E-state index in [1.165, 1.54) is 5.56 Å². The quantitative estimate of drug-likeness (QED) is 0.225. The molecule has 2 atom stereocenters. The molecule has 1 fully saturated rings. The lowest BCUT2D eigenvalue weighted by atomic mass is 10.0. The number of thiocarbonyl (C=S) groups is 1. The molecule has 0 radical (unpaired) electrons. The molecule has 0 unspecified atom stereocenters. The van der Waals surface area contributed by atoms with Gasteiger partial charge in [0.05, 0.1) is 18.8 Å². The first-order chi connectivity index (χ1) is 19.1. The van der Waals surface area contributed by atoms with Crippen LogP contribution in [0.25, 0.3) is 5.69 Å². The Labute approximate surface area is 233 Å². The maximum Gasteiger partial charge on any atom is 0.174 e. The second kappa shape index (κ2) is 10.6. The molecule has 6 rings (SSSR count). The molecule has 1 N–H and O–H groups in total. The fourth-order valence-electron chi connectivity index (χ4n) is 4.98. The number of rotatable bonds is 7. The second-order valence-electron chi connectivity index (χ2n) is 9.41. The molecular formula is C32H28N4O2S. The van der Waals surface area contributed by atoms with Gasteiger partial charge in [-0.05, 0) is 91.9 Å². The Morgan fingerprint density at radius 2 is 1.56 bits per heavy atom. The number of nitrogens with one attached hydrogen (secondary N) is 1. The summed E-state index contributed by atoms with van der Waals surface area (Å²) in [5.74, 6) is 2.36. The van der Waals surface area contributed by atoms with Crippen LogP contribution >= 0.6 is 12.2 Å². The Balaban J connectivity index is 1.39. The molecule has 0 amide bonds. The number of nitrogens with zero attached hydrogens (tertiary/aromatic N) is 3. The summed E-state index contributed by atoms with van der Waals surface area (Å²) in [4.78, 5) is 6.85. The van der Waals surface area contributed by atoms with Gasteiger partial charge in [-0.25, -0.2) is 0 Å². The van der Waals surface area contributed by atoms with Crippen LogP contribution in [0.15, 0.2) is 116 Å². The van der Waals surface area contributed by atoms with Gasteiger partial charge < -0.3 is 24.3 Å². The summed E-state index contributed by atoms with van der Waals surface area (Å²) in [6.45, 7) is 2.06. The standard InChI is InChI=1S/C32H28N4O2S/c1-22-11-15-25(16-12-22)38-26-17-13-23(14-18-26)36-31(30(34-32(36)39)28-9-3-4-19-33-28)29-10-6-20-35(29)24-7-5-8-27(21-24)37-2/h3-21,30-31H,1-2H3,(H,34,39)/t30-,31-/m0/s1. The Morgan fingerprint density at radius 3 is 2.28 bits per heavy atom. The highest BCUT2D eigenvalue weighted by molar-refractivity contribution is 7.80. The summed E-state index contributed by atoms with van der Waals surface area (Å²) < 4.78 is 13.8. The molecule has 3 heterocycles. The van der Waals surface area contributed by atoms with Crippen molar-refractivity contribution in [3.8, 4) is 22.9 Å². The van der Waals surface area contributed by atoms with E-state index in [4.69, 9.17) is 21.7 Å². The first-order valence-corrected chi connectivity index (χ1v) is 13.2. The topological polar surface area (TPSA) is 51.5 Å². The van der Waals surface area contributed by atoms with Crippen LogP contribution < -0.4 is 19.7 Å². The Morgan fingerprint density at radius 1 is 0.795 bits per heavy atom.